The molecule has 1 atom stereocenters. The van der Waals surface area contributed by atoms with Crippen LogP contribution in [0.25, 0.3) is 0 Å². The predicted octanol–water partition coefficient (Wildman–Crippen LogP) is 0.818. The molecule has 1 aliphatic heterocycles. The Bertz CT molecular complexity index is 316. The van der Waals surface area contributed by atoms with E-state index in [4.69, 9.17) is 9.18 Å². The number of aromatic nitrogens is 2. The van der Waals surface area contributed by atoms with Crippen LogP contribution in [0.5, 0.6) is 0 Å². The second kappa shape index (κ2) is 4.76. The number of hydrogen-bond acceptors (Lipinski definition) is 5. The maximum absolute atomic E-state index is 5.22. The molecule has 0 N–H and O–H groups in total. The van der Waals surface area contributed by atoms with Crippen LogP contribution in [0.15, 0.2) is 4.52 Å². The van der Waals surface area contributed by atoms with Crippen molar-refractivity contribution in [2.75, 3.05) is 13.7 Å². The molecule has 2 rings (SSSR count). The first kappa shape index (κ1) is 10.6. The van der Waals surface area contributed by atoms with Crippen LogP contribution in [-0.2, 0) is 4.65 Å². The van der Waals surface area contributed by atoms with Crippen LogP contribution in [0.3, 0.4) is 0 Å². The van der Waals surface area contributed by atoms with Gasteiger partial charge in [-0.25, -0.2) is 0 Å². The van der Waals surface area contributed by atoms with E-state index in [1.807, 2.05) is 6.92 Å². The predicted molar refractivity (Wildman–Crippen MR) is 56.5 cm³/mol. The molecule has 1 saturated heterocycles. The third-order valence-corrected chi connectivity index (χ3v) is 2.74. The molecule has 0 bridgehead atoms. The van der Waals surface area contributed by atoms with Gasteiger partial charge in [0.2, 0.25) is 5.89 Å². The summed E-state index contributed by atoms with van der Waals surface area (Å²) in [4.78, 5) is 6.54. The largest absolute Gasteiger partial charge is 0.427 e. The van der Waals surface area contributed by atoms with Gasteiger partial charge in [-0.15, -0.1) is 0 Å². The first-order chi connectivity index (χ1) is 7.31. The summed E-state index contributed by atoms with van der Waals surface area (Å²) in [6.45, 7) is 2.89. The summed E-state index contributed by atoms with van der Waals surface area (Å²) in [5, 5.41) is 3.83. The molecule has 1 aromatic rings. The first-order valence-corrected chi connectivity index (χ1v) is 5.34. The fourth-order valence-corrected chi connectivity index (χ4v) is 2.04. The Morgan fingerprint density at radius 2 is 2.40 bits per heavy atom. The van der Waals surface area contributed by atoms with E-state index in [0.717, 1.165) is 18.9 Å². The molecule has 0 aliphatic carbocycles. The molecule has 6 heteroatoms. The Morgan fingerprint density at radius 1 is 1.53 bits per heavy atom. The third-order valence-electron chi connectivity index (χ3n) is 2.74. The minimum absolute atomic E-state index is 0.236. The average Bonchev–Trinajstić information content (AvgIpc) is 2.66. The van der Waals surface area contributed by atoms with Crippen LogP contribution in [0.2, 0.25) is 0 Å². The van der Waals surface area contributed by atoms with Crippen molar-refractivity contribution in [2.45, 2.75) is 32.2 Å². The van der Waals surface area contributed by atoms with E-state index in [9.17, 15) is 0 Å². The second-order valence-electron chi connectivity index (χ2n) is 3.92. The fraction of sp³-hybridized carbons (Fsp3) is 0.778. The van der Waals surface area contributed by atoms with E-state index >= 15 is 0 Å². The lowest BCUT2D eigenvalue weighted by molar-refractivity contribution is 0.184. The van der Waals surface area contributed by atoms with Crippen LogP contribution in [0.4, 0.5) is 0 Å². The van der Waals surface area contributed by atoms with Crippen molar-refractivity contribution < 1.29 is 9.18 Å². The van der Waals surface area contributed by atoms with Gasteiger partial charge in [-0.1, -0.05) is 11.6 Å². The molecular formula is C9H16BN3O2. The normalized spacial score (nSPS) is 22.9. The van der Waals surface area contributed by atoms with Gasteiger partial charge in [-0.3, -0.25) is 0 Å². The summed E-state index contributed by atoms with van der Waals surface area (Å²) in [5.41, 5.74) is 0. The molecule has 0 amide bonds. The van der Waals surface area contributed by atoms with Gasteiger partial charge in [0.1, 0.15) is 0 Å². The maximum atomic E-state index is 5.22. The highest BCUT2D eigenvalue weighted by Crippen LogP contribution is 2.28. The summed E-state index contributed by atoms with van der Waals surface area (Å²) < 4.78 is 10.4. The van der Waals surface area contributed by atoms with E-state index < -0.39 is 0 Å². The van der Waals surface area contributed by atoms with Crippen LogP contribution in [0, 0.1) is 6.92 Å². The Balaban J connectivity index is 2.10. The van der Waals surface area contributed by atoms with Crippen molar-refractivity contribution in [1.29, 1.82) is 0 Å². The van der Waals surface area contributed by atoms with Crippen molar-refractivity contribution in [2.24, 2.45) is 0 Å². The topological polar surface area (TPSA) is 51.4 Å². The number of nitrogens with zero attached hydrogens (tertiary/aromatic N) is 3. The molecule has 5 nitrogen and oxygen atoms in total. The second-order valence-corrected chi connectivity index (χ2v) is 3.92. The highest BCUT2D eigenvalue weighted by Gasteiger charge is 2.28. The molecule has 0 spiro atoms. The fourth-order valence-electron chi connectivity index (χ4n) is 2.04. The van der Waals surface area contributed by atoms with E-state index in [1.54, 1.807) is 7.11 Å². The zero-order valence-corrected chi connectivity index (χ0v) is 9.27. The lowest BCUT2D eigenvalue weighted by atomic mass is 9.96. The minimum atomic E-state index is 0.236. The van der Waals surface area contributed by atoms with E-state index in [-0.39, 0.29) is 6.04 Å². The smallest absolute Gasteiger partial charge is 0.363 e. The summed E-state index contributed by atoms with van der Waals surface area (Å²) in [7, 11) is 2.34. The van der Waals surface area contributed by atoms with E-state index in [1.165, 1.54) is 12.8 Å². The van der Waals surface area contributed by atoms with Crippen molar-refractivity contribution in [3.63, 3.8) is 0 Å². The molecule has 0 aromatic carbocycles. The van der Waals surface area contributed by atoms with Crippen molar-refractivity contribution >= 4 is 7.62 Å². The van der Waals surface area contributed by atoms with Gasteiger partial charge in [0, 0.05) is 7.11 Å². The van der Waals surface area contributed by atoms with Crippen LogP contribution < -0.4 is 0 Å². The Hall–Kier alpha value is -0.875. The summed E-state index contributed by atoms with van der Waals surface area (Å²) >= 11 is 0. The standard InChI is InChI=1S/C9H16BN3O2/c1-7-11-9(15-12-7)8-5-3-4-6-13(8)10-14-2/h8,10H,3-6H2,1-2H3. The Morgan fingerprint density at radius 3 is 3.07 bits per heavy atom. The van der Waals surface area contributed by atoms with Crippen LogP contribution >= 0.6 is 0 Å². The molecule has 1 fully saturated rings. The van der Waals surface area contributed by atoms with Crippen LogP contribution in [0.1, 0.15) is 37.0 Å². The first-order valence-electron chi connectivity index (χ1n) is 5.34. The highest BCUT2D eigenvalue weighted by molar-refractivity contribution is 6.23. The van der Waals surface area contributed by atoms with Gasteiger partial charge in [0.25, 0.3) is 0 Å². The van der Waals surface area contributed by atoms with E-state index in [2.05, 4.69) is 15.0 Å². The summed E-state index contributed by atoms with van der Waals surface area (Å²) in [6.07, 6.45) is 3.50. The lowest BCUT2D eigenvalue weighted by Crippen LogP contribution is -2.37. The molecule has 82 valence electrons. The molecular weight excluding hydrogens is 193 g/mol. The van der Waals surface area contributed by atoms with Crippen molar-refractivity contribution in [1.82, 2.24) is 15.0 Å². The quantitative estimate of drug-likeness (QED) is 0.689. The van der Waals surface area contributed by atoms with Gasteiger partial charge in [0.05, 0.1) is 6.04 Å². The Kier molecular flexibility index (Phi) is 3.38. The van der Waals surface area contributed by atoms with Gasteiger partial charge in [-0.2, -0.15) is 4.98 Å². The maximum Gasteiger partial charge on any atom is 0.363 e. The van der Waals surface area contributed by atoms with Crippen molar-refractivity contribution in [3.05, 3.63) is 11.7 Å². The Labute approximate surface area is 90.1 Å². The van der Waals surface area contributed by atoms with Crippen LogP contribution in [-0.4, -0.2) is 36.2 Å². The van der Waals surface area contributed by atoms with Crippen molar-refractivity contribution in [3.8, 4) is 0 Å². The minimum Gasteiger partial charge on any atom is -0.427 e. The highest BCUT2D eigenvalue weighted by atomic mass is 16.5. The molecule has 15 heavy (non-hydrogen) atoms. The van der Waals surface area contributed by atoms with Gasteiger partial charge >= 0.3 is 7.62 Å². The molecule has 0 radical (unpaired) electrons. The van der Waals surface area contributed by atoms with Gasteiger partial charge in [-0.05, 0) is 26.3 Å². The zero-order valence-electron chi connectivity index (χ0n) is 9.27. The monoisotopic (exact) mass is 209 g/mol. The molecule has 1 aromatic heterocycles. The number of aryl methyl sites for hydroxylation is 1. The molecule has 2 heterocycles. The summed E-state index contributed by atoms with van der Waals surface area (Å²) in [6, 6.07) is 0.236. The summed E-state index contributed by atoms with van der Waals surface area (Å²) in [5.74, 6) is 1.43. The average molecular weight is 209 g/mol. The van der Waals surface area contributed by atoms with Gasteiger partial charge < -0.3 is 14.0 Å². The molecule has 1 aliphatic rings. The molecule has 0 saturated carbocycles. The lowest BCUT2D eigenvalue weighted by Gasteiger charge is -2.31. The number of piperidine rings is 1. The van der Waals surface area contributed by atoms with Gasteiger partial charge in [0.15, 0.2) is 5.82 Å². The zero-order chi connectivity index (χ0) is 10.7. The molecule has 1 unspecified atom stereocenters. The SMILES string of the molecule is COBN1CCCCC1c1nc(C)no1. The number of rotatable bonds is 3. The third kappa shape index (κ3) is 2.38. The number of hydrogen-bond donors (Lipinski definition) is 0. The van der Waals surface area contributed by atoms with E-state index in [0.29, 0.717) is 13.4 Å².